The van der Waals surface area contributed by atoms with E-state index >= 15 is 0 Å². The summed E-state index contributed by atoms with van der Waals surface area (Å²) in [5.74, 6) is -0.428. The number of carbonyl (C=O) groups is 1. The van der Waals surface area contributed by atoms with Gasteiger partial charge >= 0.3 is 5.88 Å². The van der Waals surface area contributed by atoms with Gasteiger partial charge < -0.3 is 14.5 Å². The van der Waals surface area contributed by atoms with Gasteiger partial charge in [-0.05, 0) is 24.3 Å². The van der Waals surface area contributed by atoms with Crippen LogP contribution in [0.15, 0.2) is 45.3 Å². The van der Waals surface area contributed by atoms with Gasteiger partial charge in [-0.25, -0.2) is 0 Å². The summed E-state index contributed by atoms with van der Waals surface area (Å²) in [5.41, 5.74) is 0. The van der Waals surface area contributed by atoms with Crippen molar-refractivity contribution in [2.75, 3.05) is 13.2 Å². The zero-order valence-electron chi connectivity index (χ0n) is 10.7. The lowest BCUT2D eigenvalue weighted by atomic mass is 10.3. The summed E-state index contributed by atoms with van der Waals surface area (Å²) in [4.78, 5) is 21.4. The Kier molecular flexibility index (Phi) is 4.94. The summed E-state index contributed by atoms with van der Waals surface area (Å²) >= 11 is 3.32. The standard InChI is InChI=1S/C13H11BrN2O5/c14-9-2-1-3-10(8-9)20-7-6-15-13(17)11-4-5-12(21-11)16(18)19/h1-5,8H,6-7H2,(H,15,17). The Labute approximate surface area is 128 Å². The maximum Gasteiger partial charge on any atom is 0.433 e. The molecule has 1 N–H and O–H groups in total. The monoisotopic (exact) mass is 354 g/mol. The van der Waals surface area contributed by atoms with Gasteiger partial charge in [0.25, 0.3) is 5.91 Å². The molecule has 0 spiro atoms. The van der Waals surface area contributed by atoms with Crippen molar-refractivity contribution in [2.24, 2.45) is 0 Å². The number of carbonyl (C=O) groups excluding carboxylic acids is 1. The number of rotatable bonds is 6. The second-order valence-electron chi connectivity index (χ2n) is 3.96. The van der Waals surface area contributed by atoms with Crippen LogP contribution in [0.4, 0.5) is 5.88 Å². The SMILES string of the molecule is O=C(NCCOc1cccc(Br)c1)c1ccc([N+](=O)[O-])o1. The average Bonchev–Trinajstić information content (AvgIpc) is 2.93. The highest BCUT2D eigenvalue weighted by Crippen LogP contribution is 2.17. The largest absolute Gasteiger partial charge is 0.492 e. The summed E-state index contributed by atoms with van der Waals surface area (Å²) in [6, 6.07) is 9.69. The van der Waals surface area contributed by atoms with E-state index in [1.807, 2.05) is 12.1 Å². The molecule has 21 heavy (non-hydrogen) atoms. The van der Waals surface area contributed by atoms with Gasteiger partial charge in [0.05, 0.1) is 12.6 Å². The van der Waals surface area contributed by atoms with Gasteiger partial charge in [-0.3, -0.25) is 14.9 Å². The predicted octanol–water partition coefficient (Wildman–Crippen LogP) is 2.76. The van der Waals surface area contributed by atoms with Gasteiger partial charge in [0, 0.05) is 4.47 Å². The molecule has 0 aliphatic rings. The Hall–Kier alpha value is -2.35. The Morgan fingerprint density at radius 3 is 2.86 bits per heavy atom. The molecule has 0 aliphatic carbocycles. The maximum atomic E-state index is 11.7. The number of nitro groups is 1. The number of halogens is 1. The fourth-order valence-corrected chi connectivity index (χ4v) is 1.90. The zero-order valence-corrected chi connectivity index (χ0v) is 12.3. The number of furan rings is 1. The molecule has 1 aromatic heterocycles. The highest BCUT2D eigenvalue weighted by atomic mass is 79.9. The van der Waals surface area contributed by atoms with Crippen LogP contribution in [-0.2, 0) is 0 Å². The van der Waals surface area contributed by atoms with Crippen molar-refractivity contribution in [2.45, 2.75) is 0 Å². The molecule has 0 saturated carbocycles. The molecule has 1 heterocycles. The minimum Gasteiger partial charge on any atom is -0.492 e. The van der Waals surface area contributed by atoms with Crippen molar-refractivity contribution < 1.29 is 18.9 Å². The zero-order chi connectivity index (χ0) is 15.2. The van der Waals surface area contributed by atoms with Gasteiger partial charge in [0.15, 0.2) is 5.76 Å². The van der Waals surface area contributed by atoms with E-state index in [1.54, 1.807) is 12.1 Å². The number of nitrogens with zero attached hydrogens (tertiary/aromatic N) is 1. The van der Waals surface area contributed by atoms with Gasteiger partial charge in [-0.15, -0.1) is 0 Å². The van der Waals surface area contributed by atoms with Crippen molar-refractivity contribution in [3.8, 4) is 5.75 Å². The van der Waals surface area contributed by atoms with E-state index in [-0.39, 0.29) is 18.9 Å². The molecule has 0 atom stereocenters. The Bertz CT molecular complexity index is 656. The number of amides is 1. The van der Waals surface area contributed by atoms with Crippen molar-refractivity contribution in [1.82, 2.24) is 5.32 Å². The molecule has 0 fully saturated rings. The molecule has 1 aromatic carbocycles. The van der Waals surface area contributed by atoms with E-state index in [0.29, 0.717) is 5.75 Å². The maximum absolute atomic E-state index is 11.7. The number of benzene rings is 1. The van der Waals surface area contributed by atoms with E-state index in [1.165, 1.54) is 6.07 Å². The lowest BCUT2D eigenvalue weighted by molar-refractivity contribution is -0.402. The summed E-state index contributed by atoms with van der Waals surface area (Å²) in [6.45, 7) is 0.519. The van der Waals surface area contributed by atoms with Crippen LogP contribution >= 0.6 is 15.9 Å². The molecular formula is C13H11BrN2O5. The molecule has 110 valence electrons. The lowest BCUT2D eigenvalue weighted by Gasteiger charge is -2.07. The van der Waals surface area contributed by atoms with Crippen LogP contribution < -0.4 is 10.1 Å². The second-order valence-corrected chi connectivity index (χ2v) is 4.87. The molecule has 1 amide bonds. The van der Waals surface area contributed by atoms with Crippen LogP contribution in [0.3, 0.4) is 0 Å². The minimum absolute atomic E-state index is 0.107. The van der Waals surface area contributed by atoms with Crippen LogP contribution in [0.1, 0.15) is 10.6 Å². The van der Waals surface area contributed by atoms with E-state index in [9.17, 15) is 14.9 Å². The highest BCUT2D eigenvalue weighted by Gasteiger charge is 2.16. The predicted molar refractivity (Wildman–Crippen MR) is 77.3 cm³/mol. The van der Waals surface area contributed by atoms with Crippen LogP contribution in [0.5, 0.6) is 5.75 Å². The van der Waals surface area contributed by atoms with E-state index in [0.717, 1.165) is 10.5 Å². The molecule has 0 unspecified atom stereocenters. The molecular weight excluding hydrogens is 344 g/mol. The number of hydrogen-bond acceptors (Lipinski definition) is 5. The first-order valence-electron chi connectivity index (χ1n) is 5.97. The summed E-state index contributed by atoms with van der Waals surface area (Å²) in [7, 11) is 0. The van der Waals surface area contributed by atoms with Crippen molar-refractivity contribution >= 4 is 27.7 Å². The summed E-state index contributed by atoms with van der Waals surface area (Å²) in [6.07, 6.45) is 0. The first-order chi connectivity index (χ1) is 10.1. The first-order valence-corrected chi connectivity index (χ1v) is 6.76. The first kappa shape index (κ1) is 15.0. The molecule has 8 heteroatoms. The Morgan fingerprint density at radius 2 is 2.19 bits per heavy atom. The third-order valence-corrected chi connectivity index (χ3v) is 2.94. The molecule has 0 saturated heterocycles. The van der Waals surface area contributed by atoms with Gasteiger partial charge in [-0.2, -0.15) is 0 Å². The van der Waals surface area contributed by atoms with Crippen molar-refractivity contribution in [1.29, 1.82) is 0 Å². The van der Waals surface area contributed by atoms with Gasteiger partial charge in [0.2, 0.25) is 0 Å². The lowest BCUT2D eigenvalue weighted by Crippen LogP contribution is -2.27. The molecule has 2 rings (SSSR count). The molecule has 7 nitrogen and oxygen atoms in total. The third kappa shape index (κ3) is 4.32. The van der Waals surface area contributed by atoms with Crippen LogP contribution in [0.2, 0.25) is 0 Å². The smallest absolute Gasteiger partial charge is 0.433 e. The van der Waals surface area contributed by atoms with Crippen molar-refractivity contribution in [3.63, 3.8) is 0 Å². The number of ether oxygens (including phenoxy) is 1. The third-order valence-electron chi connectivity index (χ3n) is 2.45. The number of nitrogens with one attached hydrogen (secondary N) is 1. The summed E-state index contributed by atoms with van der Waals surface area (Å²) in [5, 5.41) is 13.0. The molecule has 2 aromatic rings. The molecule has 0 radical (unpaired) electrons. The Morgan fingerprint density at radius 1 is 1.38 bits per heavy atom. The Balaban J connectivity index is 1.77. The van der Waals surface area contributed by atoms with E-state index in [4.69, 9.17) is 9.15 Å². The van der Waals surface area contributed by atoms with E-state index < -0.39 is 16.7 Å². The fraction of sp³-hybridized carbons (Fsp3) is 0.154. The van der Waals surface area contributed by atoms with Gasteiger partial charge in [0.1, 0.15) is 17.3 Å². The fourth-order valence-electron chi connectivity index (χ4n) is 1.53. The minimum atomic E-state index is -0.701. The van der Waals surface area contributed by atoms with Crippen LogP contribution in [0.25, 0.3) is 0 Å². The van der Waals surface area contributed by atoms with E-state index in [2.05, 4.69) is 21.2 Å². The number of hydrogen-bond donors (Lipinski definition) is 1. The van der Waals surface area contributed by atoms with Crippen LogP contribution in [0, 0.1) is 10.1 Å². The normalized spacial score (nSPS) is 10.1. The molecule has 0 aliphatic heterocycles. The molecule has 0 bridgehead atoms. The van der Waals surface area contributed by atoms with Crippen LogP contribution in [-0.4, -0.2) is 24.0 Å². The summed E-state index contributed by atoms with van der Waals surface area (Å²) < 4.78 is 11.1. The van der Waals surface area contributed by atoms with Crippen molar-refractivity contribution in [3.05, 3.63) is 56.7 Å². The average molecular weight is 355 g/mol. The van der Waals surface area contributed by atoms with Gasteiger partial charge in [-0.1, -0.05) is 22.0 Å². The highest BCUT2D eigenvalue weighted by molar-refractivity contribution is 9.10. The quantitative estimate of drug-likeness (QED) is 0.488. The second kappa shape index (κ2) is 6.89. The topological polar surface area (TPSA) is 94.6 Å².